The van der Waals surface area contributed by atoms with Crippen molar-refractivity contribution in [2.45, 2.75) is 147 Å². The molecule has 5 amide bonds. The molecule has 0 aromatic rings. The number of aliphatic hydroxyl groups excluding tert-OH is 3. The van der Waals surface area contributed by atoms with Crippen molar-refractivity contribution in [2.75, 3.05) is 79.0 Å². The van der Waals surface area contributed by atoms with Crippen molar-refractivity contribution < 1.29 is 78.5 Å². The summed E-state index contributed by atoms with van der Waals surface area (Å²) in [6.07, 6.45) is 16.8. The van der Waals surface area contributed by atoms with Crippen molar-refractivity contribution in [1.29, 1.82) is 0 Å². The number of amides is 5. The van der Waals surface area contributed by atoms with Crippen LogP contribution in [0.3, 0.4) is 0 Å². The highest BCUT2D eigenvalue weighted by atomic mass is 16.5. The Morgan fingerprint density at radius 2 is 0.879 bits per heavy atom. The maximum absolute atomic E-state index is 13.2. The molecule has 0 heterocycles. The lowest BCUT2D eigenvalue weighted by Gasteiger charge is -2.25. The van der Waals surface area contributed by atoms with Crippen LogP contribution in [0.15, 0.2) is 0 Å². The minimum Gasteiger partial charge on any atom is -0.481 e. The Morgan fingerprint density at radius 1 is 0.455 bits per heavy atom. The van der Waals surface area contributed by atoms with E-state index in [9.17, 15) is 53.7 Å². The van der Waals surface area contributed by atoms with Gasteiger partial charge in [-0.3, -0.25) is 43.3 Å². The first-order chi connectivity index (χ1) is 31.6. The second-order valence-electron chi connectivity index (χ2n) is 16.3. The lowest BCUT2D eigenvalue weighted by atomic mass is 10.0. The van der Waals surface area contributed by atoms with Crippen LogP contribution in [0, 0.1) is 5.92 Å². The average molecular weight is 949 g/mol. The minimum atomic E-state index is -1.60. The van der Waals surface area contributed by atoms with Crippen LogP contribution >= 0.6 is 0 Å². The van der Waals surface area contributed by atoms with E-state index in [1.54, 1.807) is 0 Å². The summed E-state index contributed by atoms with van der Waals surface area (Å²) in [5.74, 6) is -7.45. The van der Waals surface area contributed by atoms with Crippen molar-refractivity contribution in [3.63, 3.8) is 0 Å². The molecule has 0 aromatic heterocycles. The highest BCUT2D eigenvalue weighted by Crippen LogP contribution is 2.14. The molecule has 0 saturated heterocycles. The van der Waals surface area contributed by atoms with Gasteiger partial charge in [-0.05, 0) is 38.6 Å². The van der Waals surface area contributed by atoms with E-state index in [0.29, 0.717) is 19.6 Å². The molecular weight excluding hydrogens is 869 g/mol. The molecule has 66 heavy (non-hydrogen) atoms. The topological polar surface area (TPSA) is 340 Å². The van der Waals surface area contributed by atoms with Crippen molar-refractivity contribution in [2.24, 2.45) is 5.92 Å². The highest BCUT2D eigenvalue weighted by Gasteiger charge is 2.30. The molecule has 22 heteroatoms. The van der Waals surface area contributed by atoms with Crippen LogP contribution in [0.25, 0.3) is 0 Å². The van der Waals surface area contributed by atoms with Crippen LogP contribution in [-0.4, -0.2) is 180 Å². The number of carboxylic acids is 3. The van der Waals surface area contributed by atoms with Gasteiger partial charge in [-0.15, -0.1) is 0 Å². The zero-order chi connectivity index (χ0) is 49.4. The number of ether oxygens (including phenoxy) is 2. The van der Waals surface area contributed by atoms with E-state index < -0.39 is 98.5 Å². The number of rotatable bonds is 45. The first-order valence-corrected chi connectivity index (χ1v) is 23.5. The quantitative estimate of drug-likeness (QED) is 0.0365. The van der Waals surface area contributed by atoms with Gasteiger partial charge in [-0.1, -0.05) is 84.0 Å². The number of aliphatic carboxylic acids is 3. The second kappa shape index (κ2) is 40.8. The molecule has 22 nitrogen and oxygen atoms in total. The molecule has 382 valence electrons. The molecule has 0 radical (unpaired) electrons. The third kappa shape index (κ3) is 34.8. The fraction of sp³-hybridized carbons (Fsp3) is 0.818. The third-order valence-electron chi connectivity index (χ3n) is 10.5. The fourth-order valence-electron chi connectivity index (χ4n) is 6.60. The third-order valence-corrected chi connectivity index (χ3v) is 10.5. The minimum absolute atomic E-state index is 0.0142. The summed E-state index contributed by atoms with van der Waals surface area (Å²) in [7, 11) is 0. The largest absolute Gasteiger partial charge is 0.481 e. The van der Waals surface area contributed by atoms with E-state index in [4.69, 9.17) is 24.8 Å². The molecule has 0 bridgehead atoms. The van der Waals surface area contributed by atoms with Gasteiger partial charge in [0, 0.05) is 25.9 Å². The van der Waals surface area contributed by atoms with Crippen LogP contribution in [0.2, 0.25) is 0 Å². The van der Waals surface area contributed by atoms with Gasteiger partial charge in [0.1, 0.15) is 18.1 Å². The SMILES string of the molecule is C[C@@H](CO)C(=O)N[C@@H](CCCCN(CC(=O)O)CC(=O)O)C(=O)N[C@@H](CO)C(=O)N[C@@H](CO)C(=O)NCCOCCOCCNC(=O)CCCCCCCCCCCCCCCCC(=O)O. The van der Waals surface area contributed by atoms with Crippen LogP contribution in [0.1, 0.15) is 129 Å². The first kappa shape index (κ1) is 61.5. The standard InChI is InChI=1S/C44H80N6O16/c1-33(30-51)41(61)47-34(18-16-17-23-50(28-39(57)58)29-40(59)60)43(63)49-36(32-53)44(64)48-35(31-52)42(62)46-22-25-66-27-26-65-24-21-45-37(54)19-14-12-10-8-6-4-2-3-5-7-9-11-13-15-20-38(55)56/h33-36,51-53H,2-32H2,1H3,(H,45,54)(H,46,62)(H,47,61)(H,48,64)(H,49,63)(H,55,56)(H,57,58)(H,59,60)/t33-,34-,35-,36-/m0/s1. The maximum Gasteiger partial charge on any atom is 0.317 e. The Kier molecular flexibility index (Phi) is 38.0. The van der Waals surface area contributed by atoms with E-state index in [1.807, 2.05) is 0 Å². The summed E-state index contributed by atoms with van der Waals surface area (Å²) >= 11 is 0. The van der Waals surface area contributed by atoms with Crippen LogP contribution in [-0.2, 0) is 47.8 Å². The summed E-state index contributed by atoms with van der Waals surface area (Å²) in [5, 5.41) is 68.1. The molecule has 0 fully saturated rings. The van der Waals surface area contributed by atoms with Gasteiger partial charge in [-0.2, -0.15) is 0 Å². The lowest BCUT2D eigenvalue weighted by molar-refractivity contribution is -0.142. The Morgan fingerprint density at radius 3 is 1.33 bits per heavy atom. The maximum atomic E-state index is 13.2. The number of nitrogens with one attached hydrogen (secondary N) is 5. The van der Waals surface area contributed by atoms with Crippen molar-refractivity contribution in [3.8, 4) is 0 Å². The van der Waals surface area contributed by atoms with Gasteiger partial charge in [0.2, 0.25) is 29.5 Å². The van der Waals surface area contributed by atoms with E-state index >= 15 is 0 Å². The molecule has 0 aliphatic rings. The molecule has 0 aliphatic carbocycles. The van der Waals surface area contributed by atoms with Gasteiger partial charge in [0.25, 0.3) is 0 Å². The lowest BCUT2D eigenvalue weighted by Crippen LogP contribution is -2.58. The predicted molar refractivity (Wildman–Crippen MR) is 241 cm³/mol. The fourth-order valence-corrected chi connectivity index (χ4v) is 6.60. The first-order valence-electron chi connectivity index (χ1n) is 23.5. The van der Waals surface area contributed by atoms with Crippen LogP contribution in [0.4, 0.5) is 0 Å². The number of carbonyl (C=O) groups excluding carboxylic acids is 5. The molecule has 4 atom stereocenters. The van der Waals surface area contributed by atoms with Crippen LogP contribution in [0.5, 0.6) is 0 Å². The van der Waals surface area contributed by atoms with Crippen molar-refractivity contribution in [3.05, 3.63) is 0 Å². The average Bonchev–Trinajstić information content (AvgIpc) is 3.27. The van der Waals surface area contributed by atoms with Gasteiger partial charge in [0.05, 0.1) is 65.3 Å². The molecule has 0 aliphatic heterocycles. The molecule has 0 unspecified atom stereocenters. The number of carbonyl (C=O) groups is 8. The summed E-state index contributed by atoms with van der Waals surface area (Å²) < 4.78 is 10.9. The number of carboxylic acid groups (broad SMARTS) is 3. The second-order valence-corrected chi connectivity index (χ2v) is 16.3. The molecule has 0 spiro atoms. The van der Waals surface area contributed by atoms with Gasteiger partial charge >= 0.3 is 17.9 Å². The molecule has 11 N–H and O–H groups in total. The van der Waals surface area contributed by atoms with E-state index in [1.165, 1.54) is 63.2 Å². The molecule has 0 saturated carbocycles. The van der Waals surface area contributed by atoms with Gasteiger partial charge < -0.3 is 66.7 Å². The number of hydrogen-bond acceptors (Lipinski definition) is 14. The highest BCUT2D eigenvalue weighted by molar-refractivity contribution is 5.94. The monoisotopic (exact) mass is 949 g/mol. The Balaban J connectivity index is 4.31. The zero-order valence-electron chi connectivity index (χ0n) is 38.9. The Bertz CT molecular complexity index is 1380. The predicted octanol–water partition coefficient (Wildman–Crippen LogP) is 0.287. The molecular formula is C44H80N6O16. The normalized spacial score (nSPS) is 13.0. The van der Waals surface area contributed by atoms with E-state index in [2.05, 4.69) is 26.6 Å². The number of aliphatic hydroxyl groups is 3. The van der Waals surface area contributed by atoms with Gasteiger partial charge in [-0.25, -0.2) is 0 Å². The van der Waals surface area contributed by atoms with Crippen molar-refractivity contribution >= 4 is 47.4 Å². The van der Waals surface area contributed by atoms with Gasteiger partial charge in [0.15, 0.2) is 0 Å². The van der Waals surface area contributed by atoms with Crippen LogP contribution < -0.4 is 26.6 Å². The summed E-state index contributed by atoms with van der Waals surface area (Å²) in [4.78, 5) is 97.3. The van der Waals surface area contributed by atoms with E-state index in [-0.39, 0.29) is 64.5 Å². The van der Waals surface area contributed by atoms with E-state index in [0.717, 1.165) is 38.5 Å². The van der Waals surface area contributed by atoms with Crippen molar-refractivity contribution in [1.82, 2.24) is 31.5 Å². The Labute approximate surface area is 388 Å². The summed E-state index contributed by atoms with van der Waals surface area (Å²) in [6, 6.07) is -4.34. The zero-order valence-corrected chi connectivity index (χ0v) is 38.9. The smallest absolute Gasteiger partial charge is 0.317 e. The summed E-state index contributed by atoms with van der Waals surface area (Å²) in [6.45, 7) is -0.654. The number of nitrogens with zero attached hydrogens (tertiary/aromatic N) is 1. The molecule has 0 aromatic carbocycles. The number of unbranched alkanes of at least 4 members (excludes halogenated alkanes) is 14. The summed E-state index contributed by atoms with van der Waals surface area (Å²) in [5.41, 5.74) is 0. The number of hydrogen-bond donors (Lipinski definition) is 11. The molecule has 0 rings (SSSR count). The Hall–Kier alpha value is -4.48.